The standard InChI is InChI=1S/C16H21FN4O3S/c1-20(9-6-13-11-18-21(2)12-13)16(22)14-4-3-5-15(10-14)25(23,24)19-8-7-17/h3-5,10-12,19H,6-9H2,1-2H3. The van der Waals surface area contributed by atoms with Crippen molar-refractivity contribution in [2.24, 2.45) is 7.05 Å². The molecule has 0 unspecified atom stereocenters. The van der Waals surface area contributed by atoms with Gasteiger partial charge >= 0.3 is 0 Å². The Bertz CT molecular complexity index is 835. The SMILES string of the molecule is CN(CCc1cnn(C)c1)C(=O)c1cccc(S(=O)(=O)NCCF)c1. The van der Waals surface area contributed by atoms with Gasteiger partial charge in [0.1, 0.15) is 6.67 Å². The smallest absolute Gasteiger partial charge is 0.253 e. The van der Waals surface area contributed by atoms with Gasteiger partial charge in [0.25, 0.3) is 5.91 Å². The second-order valence-electron chi connectivity index (χ2n) is 5.61. The monoisotopic (exact) mass is 368 g/mol. The number of aromatic nitrogens is 2. The zero-order valence-corrected chi connectivity index (χ0v) is 15.0. The maximum absolute atomic E-state index is 12.5. The number of aryl methyl sites for hydroxylation is 1. The van der Waals surface area contributed by atoms with Crippen molar-refractivity contribution in [2.45, 2.75) is 11.3 Å². The van der Waals surface area contributed by atoms with Gasteiger partial charge in [-0.15, -0.1) is 0 Å². The van der Waals surface area contributed by atoms with E-state index in [1.807, 2.05) is 13.2 Å². The molecule has 0 fully saturated rings. The molecular weight excluding hydrogens is 347 g/mol. The first-order chi connectivity index (χ1) is 11.8. The van der Waals surface area contributed by atoms with Crippen LogP contribution in [0.5, 0.6) is 0 Å². The van der Waals surface area contributed by atoms with Crippen molar-refractivity contribution in [3.63, 3.8) is 0 Å². The summed E-state index contributed by atoms with van der Waals surface area (Å²) >= 11 is 0. The number of hydrogen-bond donors (Lipinski definition) is 1. The first kappa shape index (κ1) is 19.1. The molecule has 7 nitrogen and oxygen atoms in total. The molecule has 0 aliphatic heterocycles. The fourth-order valence-electron chi connectivity index (χ4n) is 2.27. The van der Waals surface area contributed by atoms with Gasteiger partial charge in [0, 0.05) is 38.9 Å². The lowest BCUT2D eigenvalue weighted by Gasteiger charge is -2.17. The van der Waals surface area contributed by atoms with Crippen molar-refractivity contribution < 1.29 is 17.6 Å². The number of carbonyl (C=O) groups is 1. The first-order valence-electron chi connectivity index (χ1n) is 7.72. The highest BCUT2D eigenvalue weighted by molar-refractivity contribution is 7.89. The highest BCUT2D eigenvalue weighted by Gasteiger charge is 2.17. The Morgan fingerprint density at radius 3 is 2.80 bits per heavy atom. The van der Waals surface area contributed by atoms with Crippen LogP contribution in [-0.4, -0.2) is 55.8 Å². The van der Waals surface area contributed by atoms with Gasteiger partial charge < -0.3 is 4.90 Å². The molecule has 0 aliphatic carbocycles. The molecule has 1 N–H and O–H groups in total. The van der Waals surface area contributed by atoms with Crippen LogP contribution in [-0.2, 0) is 23.5 Å². The summed E-state index contributed by atoms with van der Waals surface area (Å²) < 4.78 is 40.1. The summed E-state index contributed by atoms with van der Waals surface area (Å²) in [6.45, 7) is -0.623. The molecule has 0 saturated carbocycles. The normalized spacial score (nSPS) is 11.5. The summed E-state index contributed by atoms with van der Waals surface area (Å²) in [6.07, 6.45) is 4.26. The predicted octanol–water partition coefficient (Wildman–Crippen LogP) is 0.983. The molecule has 0 bridgehead atoms. The van der Waals surface area contributed by atoms with Crippen LogP contribution in [0.15, 0.2) is 41.6 Å². The Labute approximate surface area is 146 Å². The number of alkyl halides is 1. The highest BCUT2D eigenvalue weighted by atomic mass is 32.2. The van der Waals surface area contributed by atoms with Crippen molar-refractivity contribution in [3.05, 3.63) is 47.8 Å². The lowest BCUT2D eigenvalue weighted by atomic mass is 10.2. The minimum absolute atomic E-state index is 0.0625. The van der Waals surface area contributed by atoms with Crippen LogP contribution < -0.4 is 4.72 Å². The summed E-state index contributed by atoms with van der Waals surface area (Å²) in [5.41, 5.74) is 1.27. The van der Waals surface area contributed by atoms with Gasteiger partial charge in [0.15, 0.2) is 0 Å². The summed E-state index contributed by atoms with van der Waals surface area (Å²) in [6, 6.07) is 5.71. The molecule has 0 atom stereocenters. The number of benzene rings is 1. The van der Waals surface area contributed by atoms with Crippen LogP contribution in [0.25, 0.3) is 0 Å². The minimum Gasteiger partial charge on any atom is -0.341 e. The van der Waals surface area contributed by atoms with E-state index in [4.69, 9.17) is 0 Å². The van der Waals surface area contributed by atoms with Crippen LogP contribution in [0.3, 0.4) is 0 Å². The average molecular weight is 368 g/mol. The van der Waals surface area contributed by atoms with Crippen LogP contribution in [0.2, 0.25) is 0 Å². The van der Waals surface area contributed by atoms with Gasteiger partial charge in [0.2, 0.25) is 10.0 Å². The Balaban J connectivity index is 2.07. The zero-order chi connectivity index (χ0) is 18.4. The molecule has 1 aromatic carbocycles. The number of carbonyl (C=O) groups excluding carboxylic acids is 1. The maximum atomic E-state index is 12.5. The Hall–Kier alpha value is -2.26. The zero-order valence-electron chi connectivity index (χ0n) is 14.1. The van der Waals surface area contributed by atoms with E-state index in [9.17, 15) is 17.6 Å². The van der Waals surface area contributed by atoms with Crippen LogP contribution in [0.1, 0.15) is 15.9 Å². The van der Waals surface area contributed by atoms with Crippen molar-refractivity contribution in [1.29, 1.82) is 0 Å². The number of hydrogen-bond acceptors (Lipinski definition) is 4. The molecule has 1 amide bonds. The molecule has 1 heterocycles. The van der Waals surface area contributed by atoms with Crippen molar-refractivity contribution in [2.75, 3.05) is 26.8 Å². The number of amides is 1. The van der Waals surface area contributed by atoms with E-state index in [0.29, 0.717) is 13.0 Å². The van der Waals surface area contributed by atoms with Gasteiger partial charge in [0.05, 0.1) is 11.1 Å². The number of sulfonamides is 1. The van der Waals surface area contributed by atoms with Crippen molar-refractivity contribution >= 4 is 15.9 Å². The third-order valence-electron chi connectivity index (χ3n) is 3.62. The van der Waals surface area contributed by atoms with E-state index in [1.165, 1.54) is 23.1 Å². The second kappa shape index (κ2) is 8.21. The van der Waals surface area contributed by atoms with Crippen LogP contribution >= 0.6 is 0 Å². The fourth-order valence-corrected chi connectivity index (χ4v) is 3.32. The third kappa shape index (κ3) is 5.10. The molecule has 2 aromatic rings. The Morgan fingerprint density at radius 1 is 1.40 bits per heavy atom. The fraction of sp³-hybridized carbons (Fsp3) is 0.375. The van der Waals surface area contributed by atoms with Gasteiger partial charge in [-0.05, 0) is 30.2 Å². The number of halogens is 1. The second-order valence-corrected chi connectivity index (χ2v) is 7.38. The molecule has 25 heavy (non-hydrogen) atoms. The molecule has 9 heteroatoms. The Morgan fingerprint density at radius 2 is 2.16 bits per heavy atom. The summed E-state index contributed by atoms with van der Waals surface area (Å²) in [7, 11) is -0.354. The molecule has 0 spiro atoms. The lowest BCUT2D eigenvalue weighted by molar-refractivity contribution is 0.0796. The summed E-state index contributed by atoms with van der Waals surface area (Å²) in [5, 5.41) is 4.07. The molecule has 1 aromatic heterocycles. The van der Waals surface area contributed by atoms with Gasteiger partial charge in [-0.1, -0.05) is 6.07 Å². The van der Waals surface area contributed by atoms with E-state index in [2.05, 4.69) is 9.82 Å². The molecule has 0 radical (unpaired) electrons. The number of nitrogens with one attached hydrogen (secondary N) is 1. The summed E-state index contributed by atoms with van der Waals surface area (Å²) in [4.78, 5) is 14.0. The van der Waals surface area contributed by atoms with E-state index in [0.717, 1.165) is 5.56 Å². The number of likely N-dealkylation sites (N-methyl/N-ethyl adjacent to an activating group) is 1. The van der Waals surface area contributed by atoms with Gasteiger partial charge in [-0.3, -0.25) is 9.48 Å². The minimum atomic E-state index is -3.83. The largest absolute Gasteiger partial charge is 0.341 e. The average Bonchev–Trinajstić information content (AvgIpc) is 3.02. The maximum Gasteiger partial charge on any atom is 0.253 e. The first-order valence-corrected chi connectivity index (χ1v) is 9.20. The number of nitrogens with zero attached hydrogens (tertiary/aromatic N) is 3. The van der Waals surface area contributed by atoms with Gasteiger partial charge in [-0.25, -0.2) is 17.5 Å². The molecule has 0 aliphatic rings. The highest BCUT2D eigenvalue weighted by Crippen LogP contribution is 2.13. The van der Waals surface area contributed by atoms with E-state index in [-0.39, 0.29) is 22.9 Å². The quantitative estimate of drug-likeness (QED) is 0.753. The van der Waals surface area contributed by atoms with E-state index < -0.39 is 16.7 Å². The summed E-state index contributed by atoms with van der Waals surface area (Å²) in [5.74, 6) is -0.286. The molecule has 2 rings (SSSR count). The van der Waals surface area contributed by atoms with Crippen molar-refractivity contribution in [3.8, 4) is 0 Å². The predicted molar refractivity (Wildman–Crippen MR) is 91.5 cm³/mol. The topological polar surface area (TPSA) is 84.3 Å². The molecular formula is C16H21FN4O3S. The van der Waals surface area contributed by atoms with Crippen LogP contribution in [0, 0.1) is 0 Å². The van der Waals surface area contributed by atoms with E-state index in [1.54, 1.807) is 24.0 Å². The molecule has 136 valence electrons. The van der Waals surface area contributed by atoms with Crippen molar-refractivity contribution in [1.82, 2.24) is 19.4 Å². The van der Waals surface area contributed by atoms with Crippen LogP contribution in [0.4, 0.5) is 4.39 Å². The molecule has 0 saturated heterocycles. The third-order valence-corrected chi connectivity index (χ3v) is 5.08. The van der Waals surface area contributed by atoms with Gasteiger partial charge in [-0.2, -0.15) is 5.10 Å². The van der Waals surface area contributed by atoms with E-state index >= 15 is 0 Å². The lowest BCUT2D eigenvalue weighted by Crippen LogP contribution is -2.29. The number of rotatable bonds is 8. The Kier molecular flexibility index (Phi) is 6.27.